The van der Waals surface area contributed by atoms with E-state index in [1.165, 1.54) is 38.5 Å². The maximum absolute atomic E-state index is 2.35. The molecule has 0 atom stereocenters. The third kappa shape index (κ3) is 3.66. The normalized spacial score (nSPS) is 11.0. The van der Waals surface area contributed by atoms with E-state index < -0.39 is 0 Å². The van der Waals surface area contributed by atoms with E-state index in [0.717, 1.165) is 5.92 Å². The molecule has 0 aliphatic carbocycles. The van der Waals surface area contributed by atoms with E-state index >= 15 is 0 Å². The van der Waals surface area contributed by atoms with Crippen LogP contribution in [-0.2, 0) is 6.42 Å². The second kappa shape index (κ2) is 7.49. The fourth-order valence-electron chi connectivity index (χ4n) is 2.58. The molecule has 0 heteroatoms. The van der Waals surface area contributed by atoms with Gasteiger partial charge >= 0.3 is 0 Å². The molecule has 0 aromatic heterocycles. The van der Waals surface area contributed by atoms with Crippen LogP contribution in [0.25, 0.3) is 0 Å². The summed E-state index contributed by atoms with van der Waals surface area (Å²) in [5, 5.41) is 0. The van der Waals surface area contributed by atoms with Gasteiger partial charge in [-0.15, -0.1) is 0 Å². The van der Waals surface area contributed by atoms with Crippen molar-refractivity contribution < 1.29 is 0 Å². The average Bonchev–Trinajstić information content (AvgIpc) is 2.30. The number of rotatable bonds is 7. The molecule has 0 aliphatic rings. The molecule has 1 aromatic rings. The fraction of sp³-hybridized carbons (Fsp3) is 0.625. The minimum absolute atomic E-state index is 0.790. The maximum Gasteiger partial charge on any atom is -0.0159 e. The average molecular weight is 218 g/mol. The van der Waals surface area contributed by atoms with Crippen LogP contribution in [-0.4, -0.2) is 0 Å². The molecule has 0 N–H and O–H groups in total. The van der Waals surface area contributed by atoms with Gasteiger partial charge in [0.1, 0.15) is 0 Å². The Morgan fingerprint density at radius 3 is 2.06 bits per heavy atom. The molecule has 1 aromatic carbocycles. The SMILES string of the molecule is CCCc1ccccc1C(CCC)CCC. The summed E-state index contributed by atoms with van der Waals surface area (Å²) in [6.07, 6.45) is 7.77. The third-order valence-corrected chi connectivity index (χ3v) is 3.29. The van der Waals surface area contributed by atoms with E-state index in [-0.39, 0.29) is 0 Å². The van der Waals surface area contributed by atoms with E-state index in [9.17, 15) is 0 Å². The minimum Gasteiger partial charge on any atom is -0.0654 e. The van der Waals surface area contributed by atoms with Gasteiger partial charge in [0.15, 0.2) is 0 Å². The highest BCUT2D eigenvalue weighted by molar-refractivity contribution is 5.30. The lowest BCUT2D eigenvalue weighted by molar-refractivity contribution is 0.556. The maximum atomic E-state index is 2.35. The Labute approximate surface area is 101 Å². The standard InChI is InChI=1S/C16H26/c1-4-9-14(10-5-2)16-13-8-7-12-15(16)11-6-3/h7-8,12-14H,4-6,9-11H2,1-3H3. The first kappa shape index (κ1) is 13.3. The summed E-state index contributed by atoms with van der Waals surface area (Å²) >= 11 is 0. The van der Waals surface area contributed by atoms with Crippen molar-refractivity contribution in [3.05, 3.63) is 35.4 Å². The quantitative estimate of drug-likeness (QED) is 0.581. The highest BCUT2D eigenvalue weighted by Gasteiger charge is 2.12. The van der Waals surface area contributed by atoms with Gasteiger partial charge in [-0.05, 0) is 36.3 Å². The summed E-state index contributed by atoms with van der Waals surface area (Å²) in [6.45, 7) is 6.86. The van der Waals surface area contributed by atoms with E-state index in [0.29, 0.717) is 0 Å². The van der Waals surface area contributed by atoms with Crippen molar-refractivity contribution in [3.63, 3.8) is 0 Å². The molecule has 0 saturated carbocycles. The smallest absolute Gasteiger partial charge is 0.0159 e. The highest BCUT2D eigenvalue weighted by Crippen LogP contribution is 2.29. The number of hydrogen-bond acceptors (Lipinski definition) is 0. The molecule has 0 saturated heterocycles. The second-order valence-corrected chi connectivity index (χ2v) is 4.72. The topological polar surface area (TPSA) is 0 Å². The van der Waals surface area contributed by atoms with Crippen LogP contribution in [0.15, 0.2) is 24.3 Å². The largest absolute Gasteiger partial charge is 0.0654 e. The molecular formula is C16H26. The summed E-state index contributed by atoms with van der Waals surface area (Å²) in [7, 11) is 0. The molecule has 0 heterocycles. The summed E-state index contributed by atoms with van der Waals surface area (Å²) < 4.78 is 0. The van der Waals surface area contributed by atoms with Crippen LogP contribution in [0.3, 0.4) is 0 Å². The Balaban J connectivity index is 2.87. The van der Waals surface area contributed by atoms with Crippen LogP contribution < -0.4 is 0 Å². The number of aryl methyl sites for hydroxylation is 1. The van der Waals surface area contributed by atoms with Gasteiger partial charge in [-0.1, -0.05) is 64.3 Å². The van der Waals surface area contributed by atoms with Gasteiger partial charge in [-0.3, -0.25) is 0 Å². The van der Waals surface area contributed by atoms with Crippen molar-refractivity contribution in [1.29, 1.82) is 0 Å². The van der Waals surface area contributed by atoms with Crippen LogP contribution in [0.2, 0.25) is 0 Å². The Morgan fingerprint density at radius 2 is 1.50 bits per heavy atom. The van der Waals surface area contributed by atoms with Gasteiger partial charge in [-0.2, -0.15) is 0 Å². The Kier molecular flexibility index (Phi) is 6.22. The number of benzene rings is 1. The predicted octanol–water partition coefficient (Wildman–Crippen LogP) is 5.32. The van der Waals surface area contributed by atoms with Crippen molar-refractivity contribution in [1.82, 2.24) is 0 Å². The zero-order chi connectivity index (χ0) is 11.8. The summed E-state index contributed by atoms with van der Waals surface area (Å²) in [6, 6.07) is 9.05. The first-order valence-electron chi connectivity index (χ1n) is 6.91. The Morgan fingerprint density at radius 1 is 0.875 bits per heavy atom. The van der Waals surface area contributed by atoms with Gasteiger partial charge in [-0.25, -0.2) is 0 Å². The Hall–Kier alpha value is -0.780. The highest BCUT2D eigenvalue weighted by atomic mass is 14.2. The lowest BCUT2D eigenvalue weighted by Crippen LogP contribution is -2.02. The molecule has 0 radical (unpaired) electrons. The van der Waals surface area contributed by atoms with Gasteiger partial charge in [0.2, 0.25) is 0 Å². The van der Waals surface area contributed by atoms with Crippen LogP contribution in [0.4, 0.5) is 0 Å². The summed E-state index contributed by atoms with van der Waals surface area (Å²) in [5.74, 6) is 0.790. The zero-order valence-corrected chi connectivity index (χ0v) is 11.1. The van der Waals surface area contributed by atoms with E-state index in [4.69, 9.17) is 0 Å². The molecule has 0 amide bonds. The van der Waals surface area contributed by atoms with Crippen molar-refractivity contribution >= 4 is 0 Å². The molecular weight excluding hydrogens is 192 g/mol. The minimum atomic E-state index is 0.790. The molecule has 0 spiro atoms. The first-order chi connectivity index (χ1) is 7.83. The monoisotopic (exact) mass is 218 g/mol. The van der Waals surface area contributed by atoms with Crippen molar-refractivity contribution in [2.24, 2.45) is 0 Å². The molecule has 16 heavy (non-hydrogen) atoms. The zero-order valence-electron chi connectivity index (χ0n) is 11.1. The molecule has 0 unspecified atom stereocenters. The third-order valence-electron chi connectivity index (χ3n) is 3.29. The molecule has 0 fully saturated rings. The van der Waals surface area contributed by atoms with Gasteiger partial charge in [0, 0.05) is 0 Å². The predicted molar refractivity (Wildman–Crippen MR) is 73.0 cm³/mol. The van der Waals surface area contributed by atoms with Crippen LogP contribution in [0, 0.1) is 0 Å². The lowest BCUT2D eigenvalue weighted by atomic mass is 9.86. The first-order valence-corrected chi connectivity index (χ1v) is 6.91. The van der Waals surface area contributed by atoms with E-state index in [1.54, 1.807) is 11.1 Å². The van der Waals surface area contributed by atoms with E-state index in [2.05, 4.69) is 45.0 Å². The molecule has 0 aliphatic heterocycles. The van der Waals surface area contributed by atoms with Crippen molar-refractivity contribution in [3.8, 4) is 0 Å². The molecule has 0 nitrogen and oxygen atoms in total. The van der Waals surface area contributed by atoms with Gasteiger partial charge < -0.3 is 0 Å². The van der Waals surface area contributed by atoms with Crippen molar-refractivity contribution in [2.45, 2.75) is 65.2 Å². The van der Waals surface area contributed by atoms with E-state index in [1.807, 2.05) is 0 Å². The second-order valence-electron chi connectivity index (χ2n) is 4.72. The van der Waals surface area contributed by atoms with Crippen LogP contribution >= 0.6 is 0 Å². The van der Waals surface area contributed by atoms with Crippen LogP contribution in [0.1, 0.15) is 69.9 Å². The Bertz CT molecular complexity index is 282. The molecule has 0 bridgehead atoms. The van der Waals surface area contributed by atoms with Gasteiger partial charge in [0.25, 0.3) is 0 Å². The lowest BCUT2D eigenvalue weighted by Gasteiger charge is -2.19. The molecule has 1 rings (SSSR count). The summed E-state index contributed by atoms with van der Waals surface area (Å²) in [4.78, 5) is 0. The van der Waals surface area contributed by atoms with Crippen LogP contribution in [0.5, 0.6) is 0 Å². The van der Waals surface area contributed by atoms with Crippen molar-refractivity contribution in [2.75, 3.05) is 0 Å². The number of hydrogen-bond donors (Lipinski definition) is 0. The molecule has 90 valence electrons. The fourth-order valence-corrected chi connectivity index (χ4v) is 2.58. The summed E-state index contributed by atoms with van der Waals surface area (Å²) in [5.41, 5.74) is 3.20. The van der Waals surface area contributed by atoms with Gasteiger partial charge in [0.05, 0.1) is 0 Å².